The number of hydrogen-bond donors (Lipinski definition) is 2. The first kappa shape index (κ1) is 17.2. The molecular weight excluding hydrogens is 340 g/mol. The number of para-hydroxylation sites is 1. The van der Waals surface area contributed by atoms with Crippen molar-refractivity contribution in [3.63, 3.8) is 0 Å². The molecule has 0 amide bonds. The number of nitrogen functional groups attached to an aromatic ring is 1. The summed E-state index contributed by atoms with van der Waals surface area (Å²) in [6.07, 6.45) is 0. The summed E-state index contributed by atoms with van der Waals surface area (Å²) >= 11 is 0. The van der Waals surface area contributed by atoms with Gasteiger partial charge < -0.3 is 15.7 Å². The van der Waals surface area contributed by atoms with Gasteiger partial charge in [0.2, 0.25) is 11.9 Å². The maximum absolute atomic E-state index is 10.1. The van der Waals surface area contributed by atoms with Crippen LogP contribution in [0.15, 0.2) is 54.6 Å². The summed E-state index contributed by atoms with van der Waals surface area (Å²) in [6, 6.07) is 17.4. The lowest BCUT2D eigenvalue weighted by molar-refractivity contribution is 0.248. The molecule has 4 rings (SSSR count). The number of aromatic hydroxyl groups is 1. The van der Waals surface area contributed by atoms with Crippen LogP contribution in [0.25, 0.3) is 11.4 Å². The zero-order chi connectivity index (χ0) is 18.6. The molecule has 3 aromatic rings. The third-order valence-corrected chi connectivity index (χ3v) is 4.69. The number of anilines is 2. The monoisotopic (exact) mass is 362 g/mol. The van der Waals surface area contributed by atoms with Crippen LogP contribution in [-0.4, -0.2) is 51.1 Å². The van der Waals surface area contributed by atoms with E-state index in [-0.39, 0.29) is 11.7 Å². The number of hydrogen-bond acceptors (Lipinski definition) is 7. The fourth-order valence-electron chi connectivity index (χ4n) is 3.25. The Balaban J connectivity index is 1.48. The van der Waals surface area contributed by atoms with E-state index < -0.39 is 0 Å². The number of nitrogens with two attached hydrogens (primary N) is 1. The van der Waals surface area contributed by atoms with E-state index in [1.807, 2.05) is 12.1 Å². The molecule has 1 aliphatic heterocycles. The Bertz CT molecular complexity index is 909. The highest BCUT2D eigenvalue weighted by atomic mass is 16.3. The SMILES string of the molecule is Nc1nc(-c2ccccc2O)nc(N2CCN(Cc3ccccc3)CC2)n1. The van der Waals surface area contributed by atoms with Gasteiger partial charge in [-0.15, -0.1) is 0 Å². The number of rotatable bonds is 4. The number of benzene rings is 2. The van der Waals surface area contributed by atoms with Gasteiger partial charge in [-0.1, -0.05) is 42.5 Å². The van der Waals surface area contributed by atoms with Crippen LogP contribution in [0.4, 0.5) is 11.9 Å². The van der Waals surface area contributed by atoms with Crippen LogP contribution in [0.1, 0.15) is 5.56 Å². The smallest absolute Gasteiger partial charge is 0.230 e. The second-order valence-corrected chi connectivity index (χ2v) is 6.58. The number of aromatic nitrogens is 3. The van der Waals surface area contributed by atoms with Crippen LogP contribution >= 0.6 is 0 Å². The van der Waals surface area contributed by atoms with Gasteiger partial charge in [0, 0.05) is 32.7 Å². The topological polar surface area (TPSA) is 91.4 Å². The summed E-state index contributed by atoms with van der Waals surface area (Å²) in [4.78, 5) is 17.6. The van der Waals surface area contributed by atoms with Crippen molar-refractivity contribution in [2.75, 3.05) is 36.8 Å². The van der Waals surface area contributed by atoms with Gasteiger partial charge in [-0.2, -0.15) is 15.0 Å². The summed E-state index contributed by atoms with van der Waals surface area (Å²) in [7, 11) is 0. The summed E-state index contributed by atoms with van der Waals surface area (Å²) in [5.41, 5.74) is 7.77. The minimum atomic E-state index is 0.127. The minimum Gasteiger partial charge on any atom is -0.507 e. The van der Waals surface area contributed by atoms with Gasteiger partial charge in [0.25, 0.3) is 0 Å². The fourth-order valence-corrected chi connectivity index (χ4v) is 3.25. The zero-order valence-corrected chi connectivity index (χ0v) is 15.0. The highest BCUT2D eigenvalue weighted by Gasteiger charge is 2.21. The molecule has 2 heterocycles. The van der Waals surface area contributed by atoms with E-state index in [1.165, 1.54) is 5.56 Å². The maximum atomic E-state index is 10.1. The number of phenolic OH excluding ortho intramolecular Hbond substituents is 1. The lowest BCUT2D eigenvalue weighted by Gasteiger charge is -2.34. The minimum absolute atomic E-state index is 0.127. The van der Waals surface area contributed by atoms with Crippen molar-refractivity contribution in [3.8, 4) is 17.1 Å². The van der Waals surface area contributed by atoms with Gasteiger partial charge in [0.15, 0.2) is 5.82 Å². The van der Waals surface area contributed by atoms with Gasteiger partial charge in [-0.05, 0) is 17.7 Å². The molecule has 1 aromatic heterocycles. The Kier molecular flexibility index (Phi) is 4.84. The van der Waals surface area contributed by atoms with Crippen molar-refractivity contribution in [3.05, 3.63) is 60.2 Å². The predicted molar refractivity (Wildman–Crippen MR) is 105 cm³/mol. The predicted octanol–water partition coefficient (Wildman–Crippen LogP) is 2.15. The van der Waals surface area contributed by atoms with Crippen LogP contribution in [0.2, 0.25) is 0 Å². The molecule has 27 heavy (non-hydrogen) atoms. The van der Waals surface area contributed by atoms with E-state index in [2.05, 4.69) is 49.0 Å². The third kappa shape index (κ3) is 3.98. The molecule has 1 aliphatic rings. The van der Waals surface area contributed by atoms with Crippen LogP contribution in [0, 0.1) is 0 Å². The van der Waals surface area contributed by atoms with Crippen molar-refractivity contribution in [1.82, 2.24) is 19.9 Å². The van der Waals surface area contributed by atoms with Gasteiger partial charge in [0.1, 0.15) is 5.75 Å². The van der Waals surface area contributed by atoms with E-state index in [0.717, 1.165) is 32.7 Å². The molecule has 138 valence electrons. The number of piperazine rings is 1. The summed E-state index contributed by atoms with van der Waals surface area (Å²) < 4.78 is 0. The lowest BCUT2D eigenvalue weighted by atomic mass is 10.2. The molecular formula is C20H22N6O. The largest absolute Gasteiger partial charge is 0.507 e. The van der Waals surface area contributed by atoms with Crippen molar-refractivity contribution in [2.24, 2.45) is 0 Å². The third-order valence-electron chi connectivity index (χ3n) is 4.69. The Hall–Kier alpha value is -3.19. The van der Waals surface area contributed by atoms with Gasteiger partial charge >= 0.3 is 0 Å². The number of phenols is 1. The van der Waals surface area contributed by atoms with Crippen molar-refractivity contribution < 1.29 is 5.11 Å². The Morgan fingerprint density at radius 3 is 2.30 bits per heavy atom. The molecule has 0 atom stereocenters. The quantitative estimate of drug-likeness (QED) is 0.735. The first-order chi connectivity index (χ1) is 13.2. The lowest BCUT2D eigenvalue weighted by Crippen LogP contribution is -2.46. The molecule has 1 saturated heterocycles. The standard InChI is InChI=1S/C20H22N6O/c21-19-22-18(16-8-4-5-9-17(16)27)23-20(24-19)26-12-10-25(11-13-26)14-15-6-2-1-3-7-15/h1-9,27H,10-14H2,(H2,21,22,23,24). The molecule has 0 radical (unpaired) electrons. The fraction of sp³-hybridized carbons (Fsp3) is 0.250. The van der Waals surface area contributed by atoms with Crippen LogP contribution in [0.3, 0.4) is 0 Å². The average molecular weight is 362 g/mol. The first-order valence-electron chi connectivity index (χ1n) is 9.00. The highest BCUT2D eigenvalue weighted by Crippen LogP contribution is 2.27. The average Bonchev–Trinajstić information content (AvgIpc) is 2.69. The van der Waals surface area contributed by atoms with Gasteiger partial charge in [-0.3, -0.25) is 4.90 Å². The first-order valence-corrected chi connectivity index (χ1v) is 9.00. The van der Waals surface area contributed by atoms with E-state index >= 15 is 0 Å². The molecule has 7 nitrogen and oxygen atoms in total. The Labute approximate surface area is 158 Å². The van der Waals surface area contributed by atoms with Crippen LogP contribution < -0.4 is 10.6 Å². The second kappa shape index (κ2) is 7.59. The van der Waals surface area contributed by atoms with Crippen molar-refractivity contribution in [1.29, 1.82) is 0 Å². The normalized spacial score (nSPS) is 15.0. The molecule has 0 spiro atoms. The van der Waals surface area contributed by atoms with E-state index in [1.54, 1.807) is 18.2 Å². The molecule has 0 bridgehead atoms. The van der Waals surface area contributed by atoms with Crippen molar-refractivity contribution in [2.45, 2.75) is 6.54 Å². The molecule has 1 fully saturated rings. The van der Waals surface area contributed by atoms with Crippen molar-refractivity contribution >= 4 is 11.9 Å². The summed E-state index contributed by atoms with van der Waals surface area (Å²) in [5.74, 6) is 1.23. The highest BCUT2D eigenvalue weighted by molar-refractivity contribution is 5.65. The second-order valence-electron chi connectivity index (χ2n) is 6.58. The summed E-state index contributed by atoms with van der Waals surface area (Å²) in [6.45, 7) is 4.42. The summed E-state index contributed by atoms with van der Waals surface area (Å²) in [5, 5.41) is 10.1. The number of nitrogens with zero attached hydrogens (tertiary/aromatic N) is 5. The van der Waals surface area contributed by atoms with E-state index in [0.29, 0.717) is 17.3 Å². The van der Waals surface area contributed by atoms with Crippen LogP contribution in [-0.2, 0) is 6.54 Å². The molecule has 0 saturated carbocycles. The van der Waals surface area contributed by atoms with Gasteiger partial charge in [0.05, 0.1) is 5.56 Å². The maximum Gasteiger partial charge on any atom is 0.230 e. The van der Waals surface area contributed by atoms with Gasteiger partial charge in [-0.25, -0.2) is 0 Å². The Morgan fingerprint density at radius 1 is 0.852 bits per heavy atom. The molecule has 0 aliphatic carbocycles. The molecule has 2 aromatic carbocycles. The van der Waals surface area contributed by atoms with E-state index in [9.17, 15) is 5.11 Å². The van der Waals surface area contributed by atoms with Crippen LogP contribution in [0.5, 0.6) is 5.75 Å². The Morgan fingerprint density at radius 2 is 1.56 bits per heavy atom. The molecule has 3 N–H and O–H groups in total. The molecule has 7 heteroatoms. The van der Waals surface area contributed by atoms with E-state index in [4.69, 9.17) is 5.73 Å². The molecule has 0 unspecified atom stereocenters. The zero-order valence-electron chi connectivity index (χ0n) is 15.0.